The Morgan fingerprint density at radius 2 is 1.38 bits per heavy atom. The van der Waals surface area contributed by atoms with E-state index < -0.39 is 0 Å². The highest BCUT2D eigenvalue weighted by Gasteiger charge is 2.19. The minimum absolute atomic E-state index is 0.174. The van der Waals surface area contributed by atoms with E-state index in [1.54, 1.807) is 0 Å². The number of aryl methyl sites for hydroxylation is 1. The third-order valence-corrected chi connectivity index (χ3v) is 4.09. The van der Waals surface area contributed by atoms with Crippen LogP contribution in [-0.2, 0) is 11.8 Å². The zero-order chi connectivity index (χ0) is 15.3. The average Bonchev–Trinajstić information content (AvgIpc) is 2.47. The Kier molecular flexibility index (Phi) is 5.22. The van der Waals surface area contributed by atoms with Gasteiger partial charge in [-0.25, -0.2) is 0 Å². The molecule has 0 aliphatic rings. The fourth-order valence-corrected chi connectivity index (χ4v) is 2.94. The molecule has 2 aromatic carbocycles. The van der Waals surface area contributed by atoms with E-state index in [-0.39, 0.29) is 5.41 Å². The van der Waals surface area contributed by atoms with Crippen LogP contribution in [0.3, 0.4) is 0 Å². The van der Waals surface area contributed by atoms with Crippen molar-refractivity contribution in [2.24, 2.45) is 0 Å². The van der Waals surface area contributed by atoms with E-state index in [4.69, 9.17) is 0 Å². The lowest BCUT2D eigenvalue weighted by Gasteiger charge is -2.24. The van der Waals surface area contributed by atoms with Gasteiger partial charge in [-0.05, 0) is 40.5 Å². The summed E-state index contributed by atoms with van der Waals surface area (Å²) in [5.74, 6) is 0. The molecule has 0 aliphatic carbocycles. The van der Waals surface area contributed by atoms with Crippen molar-refractivity contribution in [3.63, 3.8) is 0 Å². The molecule has 0 saturated carbocycles. The summed E-state index contributed by atoms with van der Waals surface area (Å²) in [5.41, 5.74) is 5.92. The molecular formula is C21H28. The number of rotatable bonds is 5. The van der Waals surface area contributed by atoms with Crippen LogP contribution in [0.4, 0.5) is 0 Å². The summed E-state index contributed by atoms with van der Waals surface area (Å²) in [5, 5.41) is 0. The van der Waals surface area contributed by atoms with Gasteiger partial charge in [0.05, 0.1) is 0 Å². The van der Waals surface area contributed by atoms with Gasteiger partial charge in [-0.3, -0.25) is 0 Å². The zero-order valence-electron chi connectivity index (χ0n) is 13.9. The molecule has 0 saturated heterocycles. The molecule has 0 heterocycles. The Hall–Kier alpha value is -1.56. The molecule has 0 fully saturated rings. The highest BCUT2D eigenvalue weighted by molar-refractivity contribution is 5.71. The second-order valence-electron chi connectivity index (χ2n) is 6.91. The molecule has 0 radical (unpaired) electrons. The second kappa shape index (κ2) is 6.93. The first-order valence-electron chi connectivity index (χ1n) is 8.22. The van der Waals surface area contributed by atoms with Crippen LogP contribution in [0.2, 0.25) is 0 Å². The molecule has 0 amide bonds. The summed E-state index contributed by atoms with van der Waals surface area (Å²) in [7, 11) is 0. The quantitative estimate of drug-likeness (QED) is 0.557. The van der Waals surface area contributed by atoms with Gasteiger partial charge in [0.15, 0.2) is 0 Å². The number of hydrogen-bond donors (Lipinski definition) is 0. The van der Waals surface area contributed by atoms with Crippen LogP contribution in [0.25, 0.3) is 11.1 Å². The van der Waals surface area contributed by atoms with Gasteiger partial charge in [-0.15, -0.1) is 0 Å². The van der Waals surface area contributed by atoms with Gasteiger partial charge in [0.25, 0.3) is 0 Å². The van der Waals surface area contributed by atoms with E-state index in [0.717, 1.165) is 0 Å². The Balaban J connectivity index is 2.43. The van der Waals surface area contributed by atoms with E-state index in [1.807, 2.05) is 0 Å². The second-order valence-corrected chi connectivity index (χ2v) is 6.91. The molecule has 0 unspecified atom stereocenters. The Bertz CT molecular complexity index is 573. The lowest BCUT2D eigenvalue weighted by Crippen LogP contribution is -2.12. The van der Waals surface area contributed by atoms with E-state index in [9.17, 15) is 0 Å². The third-order valence-electron chi connectivity index (χ3n) is 4.09. The van der Waals surface area contributed by atoms with Gasteiger partial charge in [0.2, 0.25) is 0 Å². The first-order chi connectivity index (χ1) is 10.0. The monoisotopic (exact) mass is 280 g/mol. The lowest BCUT2D eigenvalue weighted by atomic mass is 9.80. The average molecular weight is 280 g/mol. The van der Waals surface area contributed by atoms with Crippen LogP contribution in [0.1, 0.15) is 58.1 Å². The minimum atomic E-state index is 0.174. The van der Waals surface area contributed by atoms with Crippen LogP contribution in [0.15, 0.2) is 48.5 Å². The molecule has 2 rings (SSSR count). The van der Waals surface area contributed by atoms with Crippen LogP contribution < -0.4 is 0 Å². The molecule has 0 aromatic heterocycles. The zero-order valence-corrected chi connectivity index (χ0v) is 13.9. The molecule has 21 heavy (non-hydrogen) atoms. The van der Waals surface area contributed by atoms with Gasteiger partial charge >= 0.3 is 0 Å². The van der Waals surface area contributed by atoms with Gasteiger partial charge in [-0.2, -0.15) is 0 Å². The fraction of sp³-hybridized carbons (Fsp3) is 0.429. The predicted molar refractivity (Wildman–Crippen MR) is 93.8 cm³/mol. The molecule has 0 heteroatoms. The summed E-state index contributed by atoms with van der Waals surface area (Å²) in [6, 6.07) is 17.8. The molecule has 0 spiro atoms. The van der Waals surface area contributed by atoms with Crippen molar-refractivity contribution in [3.05, 3.63) is 59.7 Å². The van der Waals surface area contributed by atoms with Gasteiger partial charge in [-0.1, -0.05) is 89.1 Å². The van der Waals surface area contributed by atoms with Crippen molar-refractivity contribution in [1.82, 2.24) is 0 Å². The first kappa shape index (κ1) is 15.8. The van der Waals surface area contributed by atoms with Crippen molar-refractivity contribution in [3.8, 4) is 11.1 Å². The van der Waals surface area contributed by atoms with Crippen molar-refractivity contribution >= 4 is 0 Å². The summed E-state index contributed by atoms with van der Waals surface area (Å²) < 4.78 is 0. The van der Waals surface area contributed by atoms with E-state index >= 15 is 0 Å². The molecule has 112 valence electrons. The normalized spacial score (nSPS) is 11.6. The summed E-state index contributed by atoms with van der Waals surface area (Å²) >= 11 is 0. The van der Waals surface area contributed by atoms with Crippen LogP contribution in [-0.4, -0.2) is 0 Å². The molecule has 2 aromatic rings. The number of benzene rings is 2. The highest BCUT2D eigenvalue weighted by atomic mass is 14.2. The third kappa shape index (κ3) is 3.97. The number of hydrogen-bond acceptors (Lipinski definition) is 0. The fourth-order valence-electron chi connectivity index (χ4n) is 2.94. The van der Waals surface area contributed by atoms with Crippen molar-refractivity contribution in [2.45, 2.75) is 58.8 Å². The topological polar surface area (TPSA) is 0 Å². The molecule has 0 atom stereocenters. The standard InChI is InChI=1S/C21H28/c1-5-6-7-12-17-13-8-9-14-18(17)19-15-10-11-16-20(19)21(2,3)4/h8-11,13-16H,5-7,12H2,1-4H3. The van der Waals surface area contributed by atoms with E-state index in [0.29, 0.717) is 0 Å². The maximum absolute atomic E-state index is 2.30. The number of unbranched alkanes of at least 4 members (excludes halogenated alkanes) is 2. The van der Waals surface area contributed by atoms with Crippen molar-refractivity contribution in [2.75, 3.05) is 0 Å². The Morgan fingerprint density at radius 3 is 2.05 bits per heavy atom. The van der Waals surface area contributed by atoms with Gasteiger partial charge in [0, 0.05) is 0 Å². The van der Waals surface area contributed by atoms with Crippen LogP contribution in [0.5, 0.6) is 0 Å². The lowest BCUT2D eigenvalue weighted by molar-refractivity contribution is 0.592. The van der Waals surface area contributed by atoms with Crippen molar-refractivity contribution in [1.29, 1.82) is 0 Å². The SMILES string of the molecule is CCCCCc1ccccc1-c1ccccc1C(C)(C)C. The van der Waals surface area contributed by atoms with E-state index in [1.165, 1.54) is 47.9 Å². The van der Waals surface area contributed by atoms with Gasteiger partial charge in [0.1, 0.15) is 0 Å². The van der Waals surface area contributed by atoms with Crippen molar-refractivity contribution < 1.29 is 0 Å². The first-order valence-corrected chi connectivity index (χ1v) is 8.22. The molecular weight excluding hydrogens is 252 g/mol. The van der Waals surface area contributed by atoms with Crippen LogP contribution in [0, 0.1) is 0 Å². The molecule has 0 bridgehead atoms. The predicted octanol–water partition coefficient (Wildman–Crippen LogP) is 6.38. The van der Waals surface area contributed by atoms with Gasteiger partial charge < -0.3 is 0 Å². The Labute approximate surface area is 130 Å². The maximum Gasteiger partial charge on any atom is -0.0126 e. The summed E-state index contributed by atoms with van der Waals surface area (Å²) in [4.78, 5) is 0. The van der Waals surface area contributed by atoms with Crippen LogP contribution >= 0.6 is 0 Å². The largest absolute Gasteiger partial charge is 0.0654 e. The Morgan fingerprint density at radius 1 is 0.762 bits per heavy atom. The smallest absolute Gasteiger partial charge is 0.0126 e. The molecule has 0 aliphatic heterocycles. The molecule has 0 N–H and O–H groups in total. The summed E-state index contributed by atoms with van der Waals surface area (Å²) in [6.45, 7) is 9.16. The minimum Gasteiger partial charge on any atom is -0.0654 e. The maximum atomic E-state index is 2.30. The molecule has 0 nitrogen and oxygen atoms in total. The van der Waals surface area contributed by atoms with E-state index in [2.05, 4.69) is 76.2 Å². The summed E-state index contributed by atoms with van der Waals surface area (Å²) in [6.07, 6.45) is 5.06. The highest BCUT2D eigenvalue weighted by Crippen LogP contribution is 2.34.